The lowest BCUT2D eigenvalue weighted by atomic mass is 10.3. The number of nitrogens with one attached hydrogen (secondary N) is 1. The summed E-state index contributed by atoms with van der Waals surface area (Å²) in [5, 5.41) is 9.72. The number of halogens is 1. The Morgan fingerprint density at radius 1 is 1.50 bits per heavy atom. The van der Waals surface area contributed by atoms with Gasteiger partial charge in [-0.1, -0.05) is 22.5 Å². The Kier molecular flexibility index (Phi) is 4.68. The van der Waals surface area contributed by atoms with Crippen LogP contribution in [0.25, 0.3) is 10.6 Å². The molecule has 2 aromatic rings. The van der Waals surface area contributed by atoms with Gasteiger partial charge in [0.2, 0.25) is 5.91 Å². The second-order valence-electron chi connectivity index (χ2n) is 3.63. The normalized spacial score (nSPS) is 10.3. The molecule has 2 rings (SSSR count). The lowest BCUT2D eigenvalue weighted by Gasteiger charge is -2.01. The van der Waals surface area contributed by atoms with E-state index in [-0.39, 0.29) is 5.91 Å². The molecule has 94 valence electrons. The van der Waals surface area contributed by atoms with Crippen molar-refractivity contribution in [1.29, 1.82) is 0 Å². The number of hydrogen-bond donors (Lipinski definition) is 1. The third-order valence-electron chi connectivity index (χ3n) is 2.14. The van der Waals surface area contributed by atoms with Crippen LogP contribution in [-0.2, 0) is 11.2 Å². The molecule has 0 unspecified atom stereocenters. The molecule has 0 bridgehead atoms. The molecule has 2 heterocycles. The fourth-order valence-electron chi connectivity index (χ4n) is 1.33. The highest BCUT2D eigenvalue weighted by atomic mass is 79.9. The fourth-order valence-corrected chi connectivity index (χ4v) is 3.00. The fraction of sp³-hybridized carbons (Fsp3) is 0.167. The van der Waals surface area contributed by atoms with Crippen molar-refractivity contribution >= 4 is 44.5 Å². The largest absolute Gasteiger partial charge is 0.351 e. The highest BCUT2D eigenvalue weighted by Gasteiger charge is 2.09. The third-order valence-corrected chi connectivity index (χ3v) is 4.04. The molecular weight excluding hydrogens is 332 g/mol. The van der Waals surface area contributed by atoms with Gasteiger partial charge >= 0.3 is 0 Å². The van der Waals surface area contributed by atoms with Gasteiger partial charge in [-0.2, -0.15) is 11.3 Å². The van der Waals surface area contributed by atoms with E-state index in [1.807, 2.05) is 16.8 Å². The summed E-state index contributed by atoms with van der Waals surface area (Å²) in [5.74, 6) is -0.0437. The van der Waals surface area contributed by atoms with Crippen molar-refractivity contribution in [1.82, 2.24) is 10.3 Å². The van der Waals surface area contributed by atoms with E-state index in [9.17, 15) is 4.79 Å². The summed E-state index contributed by atoms with van der Waals surface area (Å²) in [6.45, 7) is 4.11. The van der Waals surface area contributed by atoms with Crippen molar-refractivity contribution in [2.45, 2.75) is 6.42 Å². The molecule has 0 saturated heterocycles. The highest BCUT2D eigenvalue weighted by molar-refractivity contribution is 9.11. The monoisotopic (exact) mass is 342 g/mol. The molecule has 0 fully saturated rings. The van der Waals surface area contributed by atoms with Crippen LogP contribution in [0.4, 0.5) is 0 Å². The Morgan fingerprint density at radius 2 is 2.33 bits per heavy atom. The van der Waals surface area contributed by atoms with Crippen molar-refractivity contribution in [3.05, 3.63) is 39.0 Å². The molecule has 0 aromatic carbocycles. The van der Waals surface area contributed by atoms with Crippen LogP contribution < -0.4 is 5.32 Å². The van der Waals surface area contributed by atoms with E-state index in [0.717, 1.165) is 20.7 Å². The molecule has 6 heteroatoms. The maximum absolute atomic E-state index is 11.6. The Hall–Kier alpha value is -0.980. The van der Waals surface area contributed by atoms with Crippen LogP contribution in [0.3, 0.4) is 0 Å². The topological polar surface area (TPSA) is 42.0 Å². The SMILES string of the molecule is C=C(Br)CNC(=O)Cc1csc(-c2ccsc2)n1. The van der Waals surface area contributed by atoms with Gasteiger partial charge in [0.05, 0.1) is 12.1 Å². The minimum Gasteiger partial charge on any atom is -0.351 e. The van der Waals surface area contributed by atoms with Crippen LogP contribution in [0, 0.1) is 0 Å². The van der Waals surface area contributed by atoms with E-state index >= 15 is 0 Å². The number of carbonyl (C=O) groups excluding carboxylic acids is 1. The van der Waals surface area contributed by atoms with E-state index in [2.05, 4.69) is 38.2 Å². The Bertz CT molecular complexity index is 548. The summed E-state index contributed by atoms with van der Waals surface area (Å²) in [6.07, 6.45) is 0.306. The molecule has 0 aliphatic carbocycles. The summed E-state index contributed by atoms with van der Waals surface area (Å²) >= 11 is 6.40. The van der Waals surface area contributed by atoms with Crippen molar-refractivity contribution in [3.8, 4) is 10.6 Å². The van der Waals surface area contributed by atoms with Gasteiger partial charge in [0.15, 0.2) is 0 Å². The standard InChI is InChI=1S/C12H11BrN2OS2/c1-8(13)5-14-11(16)4-10-7-18-12(15-10)9-2-3-17-6-9/h2-3,6-7H,1,4-5H2,(H,14,16). The molecule has 1 N–H and O–H groups in total. The molecule has 2 aromatic heterocycles. The van der Waals surface area contributed by atoms with Crippen LogP contribution in [0.15, 0.2) is 33.3 Å². The first-order valence-electron chi connectivity index (χ1n) is 5.22. The van der Waals surface area contributed by atoms with Gasteiger partial charge in [0, 0.05) is 27.4 Å². The average molecular weight is 343 g/mol. The van der Waals surface area contributed by atoms with Gasteiger partial charge in [0.1, 0.15) is 5.01 Å². The second kappa shape index (κ2) is 6.26. The Balaban J connectivity index is 1.95. The number of aromatic nitrogens is 1. The Morgan fingerprint density at radius 3 is 3.00 bits per heavy atom. The van der Waals surface area contributed by atoms with Gasteiger partial charge < -0.3 is 5.32 Å². The molecule has 0 saturated carbocycles. The number of thiazole rings is 1. The summed E-state index contributed by atoms with van der Waals surface area (Å²) in [5.41, 5.74) is 1.92. The Labute approximate surface area is 122 Å². The van der Waals surface area contributed by atoms with Gasteiger partial charge in [-0.3, -0.25) is 4.79 Å². The molecule has 0 atom stereocenters. The summed E-state index contributed by atoms with van der Waals surface area (Å²) in [7, 11) is 0. The zero-order valence-corrected chi connectivity index (χ0v) is 12.7. The van der Waals surface area contributed by atoms with Crippen LogP contribution in [0.2, 0.25) is 0 Å². The van der Waals surface area contributed by atoms with Crippen LogP contribution >= 0.6 is 38.6 Å². The number of rotatable bonds is 5. The first-order chi connectivity index (χ1) is 8.65. The zero-order chi connectivity index (χ0) is 13.0. The quantitative estimate of drug-likeness (QED) is 0.904. The van der Waals surface area contributed by atoms with Crippen molar-refractivity contribution in [2.75, 3.05) is 6.54 Å². The number of nitrogens with zero attached hydrogens (tertiary/aromatic N) is 1. The third kappa shape index (κ3) is 3.76. The molecule has 1 amide bonds. The first kappa shape index (κ1) is 13.5. The van der Waals surface area contributed by atoms with E-state index < -0.39 is 0 Å². The molecule has 0 aliphatic rings. The molecule has 18 heavy (non-hydrogen) atoms. The average Bonchev–Trinajstić information content (AvgIpc) is 2.95. The zero-order valence-electron chi connectivity index (χ0n) is 9.48. The maximum atomic E-state index is 11.6. The molecule has 3 nitrogen and oxygen atoms in total. The van der Waals surface area contributed by atoms with Crippen LogP contribution in [-0.4, -0.2) is 17.4 Å². The van der Waals surface area contributed by atoms with E-state index in [4.69, 9.17) is 0 Å². The number of thiophene rings is 1. The van der Waals surface area contributed by atoms with Crippen molar-refractivity contribution in [3.63, 3.8) is 0 Å². The van der Waals surface area contributed by atoms with Gasteiger partial charge in [-0.25, -0.2) is 4.98 Å². The summed E-state index contributed by atoms with van der Waals surface area (Å²) < 4.78 is 0.757. The number of amides is 1. The lowest BCUT2D eigenvalue weighted by molar-refractivity contribution is -0.120. The predicted octanol–water partition coefficient (Wildman–Crippen LogP) is 3.44. The van der Waals surface area contributed by atoms with Gasteiger partial charge in [-0.05, 0) is 11.4 Å². The van der Waals surface area contributed by atoms with Crippen LogP contribution in [0.1, 0.15) is 5.69 Å². The number of hydrogen-bond acceptors (Lipinski definition) is 4. The highest BCUT2D eigenvalue weighted by Crippen LogP contribution is 2.25. The van der Waals surface area contributed by atoms with Crippen molar-refractivity contribution in [2.24, 2.45) is 0 Å². The van der Waals surface area contributed by atoms with Gasteiger partial charge in [0.25, 0.3) is 0 Å². The molecule has 0 spiro atoms. The summed E-state index contributed by atoms with van der Waals surface area (Å²) in [6, 6.07) is 2.03. The predicted molar refractivity (Wildman–Crippen MR) is 80.2 cm³/mol. The van der Waals surface area contributed by atoms with Gasteiger partial charge in [-0.15, -0.1) is 11.3 Å². The lowest BCUT2D eigenvalue weighted by Crippen LogP contribution is -2.26. The molecular formula is C12H11BrN2OS2. The minimum atomic E-state index is -0.0437. The van der Waals surface area contributed by atoms with E-state index in [1.165, 1.54) is 0 Å². The summed E-state index contributed by atoms with van der Waals surface area (Å²) in [4.78, 5) is 16.1. The smallest absolute Gasteiger partial charge is 0.226 e. The first-order valence-corrected chi connectivity index (χ1v) is 7.83. The number of carbonyl (C=O) groups is 1. The minimum absolute atomic E-state index is 0.0437. The molecule has 0 aliphatic heterocycles. The maximum Gasteiger partial charge on any atom is 0.226 e. The van der Waals surface area contributed by atoms with E-state index in [1.54, 1.807) is 22.7 Å². The second-order valence-corrected chi connectivity index (χ2v) is 6.39. The van der Waals surface area contributed by atoms with E-state index in [0.29, 0.717) is 13.0 Å². The van der Waals surface area contributed by atoms with Crippen LogP contribution in [0.5, 0.6) is 0 Å². The molecule has 0 radical (unpaired) electrons. The van der Waals surface area contributed by atoms with Crippen molar-refractivity contribution < 1.29 is 4.79 Å².